The van der Waals surface area contributed by atoms with Gasteiger partial charge in [-0.15, -0.1) is 0 Å². The molecule has 0 heterocycles. The van der Waals surface area contributed by atoms with Gasteiger partial charge in [-0.2, -0.15) is 0 Å². The zero-order valence-electron chi connectivity index (χ0n) is 14.2. The van der Waals surface area contributed by atoms with E-state index < -0.39 is 0 Å². The summed E-state index contributed by atoms with van der Waals surface area (Å²) < 4.78 is 5.57. The van der Waals surface area contributed by atoms with Crippen LogP contribution in [0.2, 0.25) is 0 Å². The number of rotatable bonds is 1. The fourth-order valence-corrected chi connectivity index (χ4v) is 7.01. The minimum Gasteiger partial charge on any atom is -0.501 e. The van der Waals surface area contributed by atoms with Gasteiger partial charge in [-0.3, -0.25) is 0 Å². The van der Waals surface area contributed by atoms with Gasteiger partial charge >= 0.3 is 0 Å². The second-order valence-corrected chi connectivity index (χ2v) is 9.02. The van der Waals surface area contributed by atoms with E-state index in [-0.39, 0.29) is 0 Å². The first-order valence-corrected chi connectivity index (χ1v) is 9.30. The van der Waals surface area contributed by atoms with Gasteiger partial charge in [0.15, 0.2) is 0 Å². The molecule has 6 atom stereocenters. The minimum absolute atomic E-state index is 0.564. The van der Waals surface area contributed by atoms with Crippen LogP contribution in [0.15, 0.2) is 11.8 Å². The molecule has 0 radical (unpaired) electrons. The lowest BCUT2D eigenvalue weighted by Crippen LogP contribution is -2.51. The first-order valence-electron chi connectivity index (χ1n) is 9.30. The number of hydrogen-bond acceptors (Lipinski definition) is 1. The fraction of sp³-hybridized carbons (Fsp3) is 0.900. The van der Waals surface area contributed by atoms with Crippen LogP contribution in [0.1, 0.15) is 71.6 Å². The Kier molecular flexibility index (Phi) is 3.21. The summed E-state index contributed by atoms with van der Waals surface area (Å²) in [4.78, 5) is 0. The molecule has 0 aromatic heterocycles. The fourth-order valence-electron chi connectivity index (χ4n) is 7.01. The molecule has 1 heteroatoms. The van der Waals surface area contributed by atoms with Crippen molar-refractivity contribution in [3.63, 3.8) is 0 Å². The monoisotopic (exact) mass is 288 g/mol. The average Bonchev–Trinajstić information content (AvgIpc) is 2.88. The van der Waals surface area contributed by atoms with Gasteiger partial charge in [-0.25, -0.2) is 0 Å². The summed E-state index contributed by atoms with van der Waals surface area (Å²) in [7, 11) is 1.85. The van der Waals surface area contributed by atoms with Crippen LogP contribution in [0, 0.1) is 34.5 Å². The summed E-state index contributed by atoms with van der Waals surface area (Å²) >= 11 is 0. The molecule has 0 aliphatic heterocycles. The Labute approximate surface area is 130 Å². The van der Waals surface area contributed by atoms with E-state index in [2.05, 4.69) is 19.9 Å². The highest BCUT2D eigenvalue weighted by Crippen LogP contribution is 2.65. The van der Waals surface area contributed by atoms with E-state index in [1.165, 1.54) is 63.5 Å². The van der Waals surface area contributed by atoms with Gasteiger partial charge in [0.1, 0.15) is 0 Å². The van der Waals surface area contributed by atoms with Crippen LogP contribution in [0.25, 0.3) is 0 Å². The van der Waals surface area contributed by atoms with E-state index in [0.29, 0.717) is 10.8 Å². The second kappa shape index (κ2) is 4.77. The summed E-state index contributed by atoms with van der Waals surface area (Å²) in [6.07, 6.45) is 15.4. The smallest absolute Gasteiger partial charge is 0.0918 e. The van der Waals surface area contributed by atoms with Crippen molar-refractivity contribution in [1.82, 2.24) is 0 Å². The van der Waals surface area contributed by atoms with Crippen molar-refractivity contribution in [2.75, 3.05) is 7.11 Å². The van der Waals surface area contributed by atoms with Gasteiger partial charge in [0.2, 0.25) is 0 Å². The van der Waals surface area contributed by atoms with E-state index in [9.17, 15) is 0 Å². The summed E-state index contributed by atoms with van der Waals surface area (Å²) in [5.41, 5.74) is 1.27. The van der Waals surface area contributed by atoms with E-state index >= 15 is 0 Å². The molecule has 0 N–H and O–H groups in total. The van der Waals surface area contributed by atoms with E-state index in [0.717, 1.165) is 23.7 Å². The molecule has 3 saturated carbocycles. The molecule has 4 aliphatic carbocycles. The number of ether oxygens (including phenoxy) is 1. The van der Waals surface area contributed by atoms with E-state index in [1.54, 1.807) is 0 Å². The SMILES string of the molecule is COC1=CC[C@@]2(C)[C@@H](CC[C@@H]3[C@H]2CC[C@]2(C)CCC[C@@H]32)C1. The maximum atomic E-state index is 5.57. The first kappa shape index (κ1) is 14.2. The van der Waals surface area contributed by atoms with Crippen LogP contribution < -0.4 is 0 Å². The lowest BCUT2D eigenvalue weighted by atomic mass is 9.46. The van der Waals surface area contributed by atoms with Crippen molar-refractivity contribution in [2.45, 2.75) is 71.6 Å². The standard InChI is InChI=1S/C20H32O/c1-19-10-4-5-17(19)16-7-6-14-13-15(21-3)8-12-20(14,2)18(16)9-11-19/h8,14,16-18H,4-7,9-13H2,1-3H3/t14-,16-,17-,18+,19-,20-/m0/s1. The molecular formula is C20H32O. The quantitative estimate of drug-likeness (QED) is 0.614. The zero-order chi connectivity index (χ0) is 14.7. The van der Waals surface area contributed by atoms with Crippen LogP contribution in [0.3, 0.4) is 0 Å². The molecule has 0 spiro atoms. The molecule has 0 amide bonds. The number of methoxy groups -OCH3 is 1. The average molecular weight is 288 g/mol. The van der Waals surface area contributed by atoms with Gasteiger partial charge in [0.05, 0.1) is 12.9 Å². The van der Waals surface area contributed by atoms with Gasteiger partial charge < -0.3 is 4.74 Å². The first-order chi connectivity index (χ1) is 10.1. The third kappa shape index (κ3) is 1.95. The Morgan fingerprint density at radius 3 is 2.71 bits per heavy atom. The summed E-state index contributed by atoms with van der Waals surface area (Å²) in [5, 5.41) is 0. The zero-order valence-corrected chi connectivity index (χ0v) is 14.2. The predicted octanol–water partition coefficient (Wildman–Crippen LogP) is 5.56. The normalized spacial score (nSPS) is 52.4. The molecule has 0 saturated heterocycles. The van der Waals surface area contributed by atoms with Crippen LogP contribution >= 0.6 is 0 Å². The molecule has 118 valence electrons. The molecule has 21 heavy (non-hydrogen) atoms. The van der Waals surface area contributed by atoms with Crippen molar-refractivity contribution in [2.24, 2.45) is 34.5 Å². The van der Waals surface area contributed by atoms with Gasteiger partial charge in [-0.1, -0.05) is 20.3 Å². The molecular weight excluding hydrogens is 256 g/mol. The number of hydrogen-bond donors (Lipinski definition) is 0. The molecule has 0 aromatic carbocycles. The summed E-state index contributed by atoms with van der Waals surface area (Å²) in [6, 6.07) is 0. The Bertz CT molecular complexity index is 453. The Balaban J connectivity index is 1.63. The maximum absolute atomic E-state index is 5.57. The highest BCUT2D eigenvalue weighted by atomic mass is 16.5. The van der Waals surface area contributed by atoms with Crippen molar-refractivity contribution in [3.05, 3.63) is 11.8 Å². The molecule has 0 bridgehead atoms. The van der Waals surface area contributed by atoms with E-state index in [1.807, 2.05) is 7.11 Å². The summed E-state index contributed by atoms with van der Waals surface area (Å²) in [6.45, 7) is 5.23. The van der Waals surface area contributed by atoms with Crippen molar-refractivity contribution in [1.29, 1.82) is 0 Å². The molecule has 1 nitrogen and oxygen atoms in total. The molecule has 0 unspecified atom stereocenters. The number of fused-ring (bicyclic) bond motifs is 5. The highest BCUT2D eigenvalue weighted by Gasteiger charge is 2.57. The van der Waals surface area contributed by atoms with Crippen LogP contribution in [0.4, 0.5) is 0 Å². The second-order valence-electron chi connectivity index (χ2n) is 9.02. The van der Waals surface area contributed by atoms with Crippen LogP contribution in [-0.2, 0) is 4.74 Å². The molecule has 0 aromatic rings. The van der Waals surface area contributed by atoms with Crippen molar-refractivity contribution in [3.8, 4) is 0 Å². The third-order valence-electron chi connectivity index (χ3n) is 8.33. The topological polar surface area (TPSA) is 9.23 Å². The lowest BCUT2D eigenvalue weighted by molar-refractivity contribution is -0.0916. The van der Waals surface area contributed by atoms with E-state index in [4.69, 9.17) is 4.74 Å². The third-order valence-corrected chi connectivity index (χ3v) is 8.33. The van der Waals surface area contributed by atoms with Gasteiger partial charge in [-0.05, 0) is 85.5 Å². The highest BCUT2D eigenvalue weighted by molar-refractivity contribution is 5.13. The Morgan fingerprint density at radius 1 is 1.05 bits per heavy atom. The van der Waals surface area contributed by atoms with Crippen LogP contribution in [-0.4, -0.2) is 7.11 Å². The Hall–Kier alpha value is -0.460. The maximum Gasteiger partial charge on any atom is 0.0918 e. The minimum atomic E-state index is 0.564. The molecule has 4 rings (SSSR count). The largest absolute Gasteiger partial charge is 0.501 e. The van der Waals surface area contributed by atoms with Crippen molar-refractivity contribution >= 4 is 0 Å². The van der Waals surface area contributed by atoms with Gasteiger partial charge in [0, 0.05) is 6.42 Å². The van der Waals surface area contributed by atoms with Gasteiger partial charge in [0.25, 0.3) is 0 Å². The summed E-state index contributed by atoms with van der Waals surface area (Å²) in [5.74, 6) is 5.20. The molecule has 3 fully saturated rings. The van der Waals surface area contributed by atoms with Crippen molar-refractivity contribution < 1.29 is 4.74 Å². The lowest BCUT2D eigenvalue weighted by Gasteiger charge is -2.59. The molecule has 4 aliphatic rings. The predicted molar refractivity (Wildman–Crippen MR) is 86.8 cm³/mol. The Morgan fingerprint density at radius 2 is 1.90 bits per heavy atom. The van der Waals surface area contributed by atoms with Crippen LogP contribution in [0.5, 0.6) is 0 Å². The number of allylic oxidation sites excluding steroid dienone is 2.